The van der Waals surface area contributed by atoms with Gasteiger partial charge in [0.15, 0.2) is 0 Å². The van der Waals surface area contributed by atoms with E-state index in [1.165, 1.54) is 16.9 Å². The third-order valence-corrected chi connectivity index (χ3v) is 4.72. The first kappa shape index (κ1) is 14.6. The van der Waals surface area contributed by atoms with Crippen LogP contribution in [0.4, 0.5) is 5.69 Å². The third kappa shape index (κ3) is 2.57. The Kier molecular flexibility index (Phi) is 3.87. The van der Waals surface area contributed by atoms with Crippen molar-refractivity contribution in [2.45, 2.75) is 39.5 Å². The second-order valence-electron chi connectivity index (χ2n) is 5.95. The first-order valence-electron chi connectivity index (χ1n) is 6.80. The van der Waals surface area contributed by atoms with Crippen molar-refractivity contribution in [2.24, 2.45) is 0 Å². The molecule has 1 heterocycles. The van der Waals surface area contributed by atoms with Gasteiger partial charge in [-0.25, -0.2) is 0 Å². The van der Waals surface area contributed by atoms with Crippen LogP contribution < -0.4 is 5.73 Å². The number of hydrogen-bond donors (Lipinski definition) is 1. The number of nitrogens with zero attached hydrogens (tertiary/aromatic N) is 1. The van der Waals surface area contributed by atoms with Crippen LogP contribution in [0, 0.1) is 11.3 Å². The average molecular weight is 284 g/mol. The minimum atomic E-state index is 0.151. The summed E-state index contributed by atoms with van der Waals surface area (Å²) in [5.74, 6) is 0. The van der Waals surface area contributed by atoms with Gasteiger partial charge in [0, 0.05) is 4.88 Å². The zero-order valence-electron chi connectivity index (χ0n) is 12.4. The molecule has 0 aliphatic carbocycles. The van der Waals surface area contributed by atoms with E-state index in [1.54, 1.807) is 0 Å². The quantitative estimate of drug-likeness (QED) is 0.866. The van der Waals surface area contributed by atoms with E-state index in [4.69, 9.17) is 11.0 Å². The lowest BCUT2D eigenvalue weighted by Gasteiger charge is -2.19. The molecule has 0 saturated heterocycles. The van der Waals surface area contributed by atoms with Crippen LogP contribution in [0.3, 0.4) is 0 Å². The van der Waals surface area contributed by atoms with Gasteiger partial charge in [0.25, 0.3) is 0 Å². The molecule has 0 aliphatic heterocycles. The highest BCUT2D eigenvalue weighted by Gasteiger charge is 2.17. The Bertz CT molecular complexity index is 652. The fourth-order valence-electron chi connectivity index (χ4n) is 2.27. The lowest BCUT2D eigenvalue weighted by molar-refractivity contribution is 0.590. The van der Waals surface area contributed by atoms with E-state index in [1.807, 2.05) is 0 Å². The SMILES string of the molecule is CCc1c(-c2ccc(C(C)(C)C)cc2)sc(C#N)c1N. The topological polar surface area (TPSA) is 49.8 Å². The van der Waals surface area contributed by atoms with Crippen molar-refractivity contribution in [3.8, 4) is 16.5 Å². The van der Waals surface area contributed by atoms with Crippen LogP contribution in [-0.4, -0.2) is 0 Å². The number of anilines is 1. The van der Waals surface area contributed by atoms with Crippen molar-refractivity contribution in [3.05, 3.63) is 40.3 Å². The largest absolute Gasteiger partial charge is 0.397 e. The Morgan fingerprint density at radius 2 is 1.80 bits per heavy atom. The van der Waals surface area contributed by atoms with Crippen molar-refractivity contribution in [3.63, 3.8) is 0 Å². The summed E-state index contributed by atoms with van der Waals surface area (Å²) in [7, 11) is 0. The molecule has 2 rings (SSSR count). The number of nitrogen functional groups attached to an aromatic ring is 1. The highest BCUT2D eigenvalue weighted by molar-refractivity contribution is 7.16. The van der Waals surface area contributed by atoms with Crippen LogP contribution in [0.25, 0.3) is 10.4 Å². The number of thiophene rings is 1. The van der Waals surface area contributed by atoms with Gasteiger partial charge >= 0.3 is 0 Å². The highest BCUT2D eigenvalue weighted by Crippen LogP contribution is 2.39. The molecule has 0 saturated carbocycles. The van der Waals surface area contributed by atoms with E-state index < -0.39 is 0 Å². The van der Waals surface area contributed by atoms with Gasteiger partial charge in [-0.2, -0.15) is 5.26 Å². The summed E-state index contributed by atoms with van der Waals surface area (Å²) in [5.41, 5.74) is 10.4. The van der Waals surface area contributed by atoms with Gasteiger partial charge in [0.1, 0.15) is 10.9 Å². The number of benzene rings is 1. The lowest BCUT2D eigenvalue weighted by Crippen LogP contribution is -2.10. The van der Waals surface area contributed by atoms with E-state index in [0.717, 1.165) is 22.4 Å². The van der Waals surface area contributed by atoms with Gasteiger partial charge in [-0.15, -0.1) is 11.3 Å². The van der Waals surface area contributed by atoms with Crippen LogP contribution in [0.5, 0.6) is 0 Å². The normalized spacial score (nSPS) is 11.3. The lowest BCUT2D eigenvalue weighted by atomic mass is 9.86. The van der Waals surface area contributed by atoms with Crippen LogP contribution in [-0.2, 0) is 11.8 Å². The van der Waals surface area contributed by atoms with Gasteiger partial charge in [0.2, 0.25) is 0 Å². The third-order valence-electron chi connectivity index (χ3n) is 3.52. The molecule has 0 aliphatic rings. The number of nitrogens with two attached hydrogens (primary N) is 1. The monoisotopic (exact) mass is 284 g/mol. The smallest absolute Gasteiger partial charge is 0.128 e. The molecule has 20 heavy (non-hydrogen) atoms. The maximum atomic E-state index is 9.13. The zero-order valence-corrected chi connectivity index (χ0v) is 13.3. The van der Waals surface area contributed by atoms with E-state index in [2.05, 4.69) is 58.0 Å². The average Bonchev–Trinajstić information content (AvgIpc) is 2.74. The second kappa shape index (κ2) is 5.30. The molecule has 0 spiro atoms. The fourth-order valence-corrected chi connectivity index (χ4v) is 3.38. The molecule has 0 radical (unpaired) electrons. The van der Waals surface area contributed by atoms with Crippen molar-refractivity contribution in [1.82, 2.24) is 0 Å². The van der Waals surface area contributed by atoms with Gasteiger partial charge in [0.05, 0.1) is 5.69 Å². The minimum absolute atomic E-state index is 0.151. The zero-order chi connectivity index (χ0) is 14.9. The van der Waals surface area contributed by atoms with Crippen molar-refractivity contribution in [2.75, 3.05) is 5.73 Å². The van der Waals surface area contributed by atoms with Gasteiger partial charge in [-0.1, -0.05) is 52.0 Å². The maximum absolute atomic E-state index is 9.13. The summed E-state index contributed by atoms with van der Waals surface area (Å²) in [6.45, 7) is 8.69. The summed E-state index contributed by atoms with van der Waals surface area (Å²) in [5, 5.41) is 9.13. The summed E-state index contributed by atoms with van der Waals surface area (Å²) >= 11 is 1.49. The first-order valence-corrected chi connectivity index (χ1v) is 7.62. The molecule has 104 valence electrons. The van der Waals surface area contributed by atoms with Crippen molar-refractivity contribution < 1.29 is 0 Å². The standard InChI is InChI=1S/C17H20N2S/c1-5-13-15(19)14(10-18)20-16(13)11-6-8-12(9-7-11)17(2,3)4/h6-9H,5,19H2,1-4H3. The van der Waals surface area contributed by atoms with E-state index in [0.29, 0.717) is 10.6 Å². The predicted octanol–water partition coefficient (Wildman–Crippen LogP) is 4.73. The van der Waals surface area contributed by atoms with Crippen molar-refractivity contribution in [1.29, 1.82) is 5.26 Å². The predicted molar refractivity (Wildman–Crippen MR) is 87.0 cm³/mol. The van der Waals surface area contributed by atoms with E-state index in [9.17, 15) is 0 Å². The van der Waals surface area contributed by atoms with Gasteiger partial charge in [-0.3, -0.25) is 0 Å². The van der Waals surface area contributed by atoms with Crippen LogP contribution in [0.2, 0.25) is 0 Å². The Morgan fingerprint density at radius 1 is 1.20 bits per heavy atom. The summed E-state index contributed by atoms with van der Waals surface area (Å²) in [4.78, 5) is 1.75. The first-order chi connectivity index (χ1) is 9.38. The molecule has 1 aromatic carbocycles. The molecule has 1 aromatic heterocycles. The Labute approximate surface area is 124 Å². The molecule has 2 N–H and O–H groups in total. The Morgan fingerprint density at radius 3 is 2.25 bits per heavy atom. The highest BCUT2D eigenvalue weighted by atomic mass is 32.1. The van der Waals surface area contributed by atoms with E-state index >= 15 is 0 Å². The molecule has 2 nitrogen and oxygen atoms in total. The summed E-state index contributed by atoms with van der Waals surface area (Å²) in [6.07, 6.45) is 0.848. The molecular weight excluding hydrogens is 264 g/mol. The molecule has 0 atom stereocenters. The van der Waals surface area contributed by atoms with Crippen molar-refractivity contribution >= 4 is 17.0 Å². The molecule has 0 unspecified atom stereocenters. The molecule has 0 amide bonds. The molecular formula is C17H20N2S. The van der Waals surface area contributed by atoms with Crippen LogP contribution in [0.15, 0.2) is 24.3 Å². The number of rotatable bonds is 2. The molecule has 0 fully saturated rings. The van der Waals surface area contributed by atoms with Crippen LogP contribution in [0.1, 0.15) is 43.7 Å². The molecule has 0 bridgehead atoms. The summed E-state index contributed by atoms with van der Waals surface area (Å²) in [6, 6.07) is 10.8. The molecule has 2 aromatic rings. The Balaban J connectivity index is 2.50. The second-order valence-corrected chi connectivity index (χ2v) is 6.97. The molecule has 3 heteroatoms. The van der Waals surface area contributed by atoms with Gasteiger partial charge in [-0.05, 0) is 28.5 Å². The summed E-state index contributed by atoms with van der Waals surface area (Å²) < 4.78 is 0. The van der Waals surface area contributed by atoms with E-state index in [-0.39, 0.29) is 5.41 Å². The minimum Gasteiger partial charge on any atom is -0.397 e. The number of nitriles is 1. The maximum Gasteiger partial charge on any atom is 0.128 e. The Hall–Kier alpha value is -1.79. The number of hydrogen-bond acceptors (Lipinski definition) is 3. The van der Waals surface area contributed by atoms with Gasteiger partial charge < -0.3 is 5.73 Å². The van der Waals surface area contributed by atoms with Crippen LogP contribution >= 0.6 is 11.3 Å². The fraction of sp³-hybridized carbons (Fsp3) is 0.353.